The van der Waals surface area contributed by atoms with Crippen LogP contribution in [0.25, 0.3) is 11.3 Å². The molecule has 0 unspecified atom stereocenters. The van der Waals surface area contributed by atoms with E-state index in [0.717, 1.165) is 16.0 Å². The van der Waals surface area contributed by atoms with Crippen molar-refractivity contribution in [2.75, 3.05) is 15.5 Å². The molecular formula is C28H19Cl3N4O3S. The molecule has 3 aromatic carbocycles. The average molecular weight is 598 g/mol. The van der Waals surface area contributed by atoms with Crippen molar-refractivity contribution in [3.8, 4) is 11.3 Å². The Balaban J connectivity index is 1.32. The van der Waals surface area contributed by atoms with Crippen molar-refractivity contribution in [2.24, 2.45) is 0 Å². The highest BCUT2D eigenvalue weighted by atomic mass is 35.5. The number of amides is 3. The standard InChI is InChI=1S/C28H19Cl3N4O3S/c1-14-6-9-22(15(2)10-14)35-26(37)23(31)24(27(35)38)32-18-5-3-4-16(11-18)25(36)34-28-33-21(13-39-28)19-8-7-17(29)12-20(19)30/h3-13,32H,1-2H3,(H,33,34,36). The van der Waals surface area contributed by atoms with Gasteiger partial charge >= 0.3 is 0 Å². The summed E-state index contributed by atoms with van der Waals surface area (Å²) in [6, 6.07) is 17.0. The van der Waals surface area contributed by atoms with Gasteiger partial charge in [-0.3, -0.25) is 19.7 Å². The molecule has 196 valence electrons. The molecule has 0 aliphatic carbocycles. The fourth-order valence-electron chi connectivity index (χ4n) is 4.09. The predicted molar refractivity (Wildman–Crippen MR) is 157 cm³/mol. The molecule has 0 fully saturated rings. The normalized spacial score (nSPS) is 13.3. The Labute approximate surface area is 243 Å². The van der Waals surface area contributed by atoms with E-state index in [1.54, 1.807) is 53.9 Å². The monoisotopic (exact) mass is 596 g/mol. The molecule has 2 N–H and O–H groups in total. The number of carbonyl (C=O) groups excluding carboxylic acids is 3. The van der Waals surface area contributed by atoms with Crippen LogP contribution >= 0.6 is 46.1 Å². The summed E-state index contributed by atoms with van der Waals surface area (Å²) in [5, 5.41) is 8.58. The molecule has 7 nitrogen and oxygen atoms in total. The lowest BCUT2D eigenvalue weighted by molar-refractivity contribution is -0.120. The Kier molecular flexibility index (Phi) is 7.46. The number of benzene rings is 3. The van der Waals surface area contributed by atoms with Crippen LogP contribution < -0.4 is 15.5 Å². The summed E-state index contributed by atoms with van der Waals surface area (Å²) >= 11 is 19.8. The van der Waals surface area contributed by atoms with E-state index in [1.807, 2.05) is 26.0 Å². The van der Waals surface area contributed by atoms with E-state index < -0.39 is 17.7 Å². The van der Waals surface area contributed by atoms with Crippen LogP contribution in [0.4, 0.5) is 16.5 Å². The maximum absolute atomic E-state index is 13.2. The Bertz CT molecular complexity index is 1700. The van der Waals surface area contributed by atoms with Crippen molar-refractivity contribution in [3.05, 3.63) is 104 Å². The van der Waals surface area contributed by atoms with E-state index in [9.17, 15) is 14.4 Å². The number of imide groups is 1. The zero-order valence-electron chi connectivity index (χ0n) is 20.5. The number of halogens is 3. The van der Waals surface area contributed by atoms with Crippen molar-refractivity contribution >= 4 is 80.4 Å². The van der Waals surface area contributed by atoms with Crippen LogP contribution in [0.3, 0.4) is 0 Å². The van der Waals surface area contributed by atoms with Gasteiger partial charge in [-0.15, -0.1) is 11.3 Å². The number of aryl methyl sites for hydroxylation is 2. The molecule has 4 aromatic rings. The van der Waals surface area contributed by atoms with Crippen LogP contribution in [0.5, 0.6) is 0 Å². The molecule has 0 saturated heterocycles. The molecular weight excluding hydrogens is 579 g/mol. The first-order valence-electron chi connectivity index (χ1n) is 11.6. The largest absolute Gasteiger partial charge is 0.350 e. The van der Waals surface area contributed by atoms with Crippen molar-refractivity contribution in [2.45, 2.75) is 13.8 Å². The molecule has 0 spiro atoms. The molecule has 1 aliphatic rings. The highest BCUT2D eigenvalue weighted by Gasteiger charge is 2.39. The van der Waals surface area contributed by atoms with Gasteiger partial charge in [0.2, 0.25) is 0 Å². The first-order valence-corrected chi connectivity index (χ1v) is 13.6. The Morgan fingerprint density at radius 2 is 1.74 bits per heavy atom. The van der Waals surface area contributed by atoms with Crippen LogP contribution in [-0.4, -0.2) is 22.7 Å². The molecule has 0 bridgehead atoms. The average Bonchev–Trinajstić information content (AvgIpc) is 3.43. The fourth-order valence-corrected chi connectivity index (χ4v) is 5.51. The van der Waals surface area contributed by atoms with E-state index in [1.165, 1.54) is 11.3 Å². The number of anilines is 3. The summed E-state index contributed by atoms with van der Waals surface area (Å²) in [4.78, 5) is 44.5. The first kappa shape index (κ1) is 26.9. The van der Waals surface area contributed by atoms with Crippen LogP contribution in [-0.2, 0) is 9.59 Å². The lowest BCUT2D eigenvalue weighted by Crippen LogP contribution is -2.32. The maximum Gasteiger partial charge on any atom is 0.283 e. The lowest BCUT2D eigenvalue weighted by atomic mass is 10.1. The molecule has 1 aromatic heterocycles. The number of aromatic nitrogens is 1. The number of thiazole rings is 1. The van der Waals surface area contributed by atoms with E-state index in [0.29, 0.717) is 43.4 Å². The molecule has 5 rings (SSSR count). The summed E-state index contributed by atoms with van der Waals surface area (Å²) in [7, 11) is 0. The van der Waals surface area contributed by atoms with E-state index >= 15 is 0 Å². The van der Waals surface area contributed by atoms with E-state index in [-0.39, 0.29) is 10.7 Å². The number of carbonyl (C=O) groups is 3. The summed E-state index contributed by atoms with van der Waals surface area (Å²) in [5.74, 6) is -1.61. The SMILES string of the molecule is Cc1ccc(N2C(=O)C(Cl)=C(Nc3cccc(C(=O)Nc4nc(-c5ccc(Cl)cc5Cl)cs4)c3)C2=O)c(C)c1. The molecule has 2 heterocycles. The lowest BCUT2D eigenvalue weighted by Gasteiger charge is -2.18. The summed E-state index contributed by atoms with van der Waals surface area (Å²) in [6.07, 6.45) is 0. The van der Waals surface area contributed by atoms with Gasteiger partial charge in [-0.2, -0.15) is 0 Å². The number of nitrogens with one attached hydrogen (secondary N) is 2. The molecule has 39 heavy (non-hydrogen) atoms. The summed E-state index contributed by atoms with van der Waals surface area (Å²) < 4.78 is 0. The third-order valence-corrected chi connectivity index (χ3v) is 7.60. The quantitative estimate of drug-likeness (QED) is 0.226. The second-order valence-electron chi connectivity index (χ2n) is 8.75. The van der Waals surface area contributed by atoms with E-state index in [4.69, 9.17) is 34.8 Å². The van der Waals surface area contributed by atoms with E-state index in [2.05, 4.69) is 15.6 Å². The van der Waals surface area contributed by atoms with Crippen LogP contribution in [0.2, 0.25) is 10.0 Å². The molecule has 0 radical (unpaired) electrons. The van der Waals surface area contributed by atoms with Gasteiger partial charge in [0.05, 0.1) is 16.4 Å². The summed E-state index contributed by atoms with van der Waals surface area (Å²) in [6.45, 7) is 3.74. The first-order chi connectivity index (χ1) is 18.6. The second-order valence-corrected chi connectivity index (χ2v) is 10.8. The molecule has 11 heteroatoms. The molecule has 0 saturated carbocycles. The smallest absolute Gasteiger partial charge is 0.283 e. The second kappa shape index (κ2) is 10.8. The van der Waals surface area contributed by atoms with Gasteiger partial charge in [0, 0.05) is 27.2 Å². The van der Waals surface area contributed by atoms with Gasteiger partial charge < -0.3 is 5.32 Å². The maximum atomic E-state index is 13.2. The Morgan fingerprint density at radius 1 is 0.949 bits per heavy atom. The number of rotatable bonds is 6. The highest BCUT2D eigenvalue weighted by Crippen LogP contribution is 2.34. The predicted octanol–water partition coefficient (Wildman–Crippen LogP) is 7.42. The van der Waals surface area contributed by atoms with Crippen LogP contribution in [0, 0.1) is 13.8 Å². The van der Waals surface area contributed by atoms with Gasteiger partial charge in [0.1, 0.15) is 10.7 Å². The summed E-state index contributed by atoms with van der Waals surface area (Å²) in [5.41, 5.74) is 4.18. The third-order valence-electron chi connectivity index (χ3n) is 5.95. The molecule has 0 atom stereocenters. The van der Waals surface area contributed by atoms with Gasteiger partial charge in [-0.1, -0.05) is 58.6 Å². The zero-order chi connectivity index (χ0) is 27.8. The zero-order valence-corrected chi connectivity index (χ0v) is 23.6. The van der Waals surface area contributed by atoms with Crippen LogP contribution in [0.1, 0.15) is 21.5 Å². The molecule has 1 aliphatic heterocycles. The third kappa shape index (κ3) is 5.42. The minimum atomic E-state index is -0.620. The number of nitrogens with zero attached hydrogens (tertiary/aromatic N) is 2. The van der Waals surface area contributed by atoms with Gasteiger partial charge in [0.15, 0.2) is 5.13 Å². The van der Waals surface area contributed by atoms with Crippen molar-refractivity contribution in [1.82, 2.24) is 4.98 Å². The topological polar surface area (TPSA) is 91.4 Å². The number of hydrogen-bond donors (Lipinski definition) is 2. The van der Waals surface area contributed by atoms with Gasteiger partial charge in [0.25, 0.3) is 17.7 Å². The van der Waals surface area contributed by atoms with Crippen molar-refractivity contribution < 1.29 is 14.4 Å². The highest BCUT2D eigenvalue weighted by molar-refractivity contribution is 7.14. The Morgan fingerprint density at radius 3 is 2.49 bits per heavy atom. The molecule has 3 amide bonds. The van der Waals surface area contributed by atoms with Gasteiger partial charge in [-0.05, 0) is 61.9 Å². The fraction of sp³-hybridized carbons (Fsp3) is 0.0714. The Hall–Kier alpha value is -3.69. The van der Waals surface area contributed by atoms with Crippen LogP contribution in [0.15, 0.2) is 76.8 Å². The number of hydrogen-bond acceptors (Lipinski definition) is 6. The van der Waals surface area contributed by atoms with Crippen molar-refractivity contribution in [3.63, 3.8) is 0 Å². The minimum absolute atomic E-state index is 0.0661. The van der Waals surface area contributed by atoms with Crippen molar-refractivity contribution in [1.29, 1.82) is 0 Å². The minimum Gasteiger partial charge on any atom is -0.350 e. The van der Waals surface area contributed by atoms with Gasteiger partial charge in [-0.25, -0.2) is 9.88 Å².